The fourth-order valence-corrected chi connectivity index (χ4v) is 3.51. The smallest absolute Gasteiger partial charge is 0.246 e. The first-order valence-electron chi connectivity index (χ1n) is 8.80. The van der Waals surface area contributed by atoms with Crippen LogP contribution in [0.3, 0.4) is 0 Å². The van der Waals surface area contributed by atoms with Gasteiger partial charge in [-0.3, -0.25) is 9.69 Å². The van der Waals surface area contributed by atoms with E-state index in [1.807, 2.05) is 4.90 Å². The van der Waals surface area contributed by atoms with E-state index >= 15 is 0 Å². The van der Waals surface area contributed by atoms with Crippen LogP contribution in [-0.2, 0) is 4.79 Å². The molecule has 1 aromatic carbocycles. The Bertz CT molecular complexity index is 609. The van der Waals surface area contributed by atoms with Crippen molar-refractivity contribution < 1.29 is 9.90 Å². The summed E-state index contributed by atoms with van der Waals surface area (Å²) in [5.41, 5.74) is 0.608. The third-order valence-corrected chi connectivity index (χ3v) is 5.53. The summed E-state index contributed by atoms with van der Waals surface area (Å²) in [7, 11) is 0. The molecule has 138 valence electrons. The van der Waals surface area contributed by atoms with Gasteiger partial charge in [0.25, 0.3) is 0 Å². The predicted octanol–water partition coefficient (Wildman–Crippen LogP) is 3.92. The zero-order valence-electron chi connectivity index (χ0n) is 14.8. The fourth-order valence-electron chi connectivity index (χ4n) is 3.20. The summed E-state index contributed by atoms with van der Waals surface area (Å²) in [5.74, 6) is -0.0664. The van der Waals surface area contributed by atoms with Crippen molar-refractivity contribution in [1.82, 2.24) is 9.80 Å². The summed E-state index contributed by atoms with van der Waals surface area (Å²) in [4.78, 5) is 16.6. The molecule has 0 aromatic heterocycles. The van der Waals surface area contributed by atoms with Crippen LogP contribution in [-0.4, -0.2) is 53.0 Å². The lowest BCUT2D eigenvalue weighted by atomic mass is 10.1. The second kappa shape index (κ2) is 9.58. The molecule has 0 spiro atoms. The molecule has 4 nitrogen and oxygen atoms in total. The molecule has 25 heavy (non-hydrogen) atoms. The Hall–Kier alpha value is -1.07. The molecule has 1 atom stereocenters. The van der Waals surface area contributed by atoms with Gasteiger partial charge in [-0.25, -0.2) is 0 Å². The van der Waals surface area contributed by atoms with Crippen molar-refractivity contribution >= 4 is 29.1 Å². The number of halogens is 2. The van der Waals surface area contributed by atoms with Crippen LogP contribution in [0.4, 0.5) is 0 Å². The molecule has 1 aliphatic rings. The molecule has 1 fully saturated rings. The molecule has 1 aromatic rings. The number of carbonyl (C=O) groups is 1. The SMILES string of the molecule is CCC(CC)N1CCN(C(=O)C=CC(O)c2ccc(Cl)c(Cl)c2)CC1. The van der Waals surface area contributed by atoms with Crippen molar-refractivity contribution in [2.45, 2.75) is 38.8 Å². The number of carbonyl (C=O) groups excluding carboxylic acids is 1. The molecule has 1 saturated heterocycles. The van der Waals surface area contributed by atoms with E-state index in [2.05, 4.69) is 18.7 Å². The van der Waals surface area contributed by atoms with Gasteiger partial charge in [-0.2, -0.15) is 0 Å². The van der Waals surface area contributed by atoms with Crippen molar-refractivity contribution in [3.05, 3.63) is 46.0 Å². The Morgan fingerprint density at radius 3 is 2.36 bits per heavy atom. The summed E-state index contributed by atoms with van der Waals surface area (Å²) < 4.78 is 0. The highest BCUT2D eigenvalue weighted by atomic mass is 35.5. The number of nitrogens with zero attached hydrogens (tertiary/aromatic N) is 2. The molecule has 2 rings (SSSR count). The maximum Gasteiger partial charge on any atom is 0.246 e. The number of rotatable bonds is 6. The van der Waals surface area contributed by atoms with Crippen molar-refractivity contribution in [2.75, 3.05) is 26.2 Å². The second-order valence-electron chi connectivity index (χ2n) is 6.31. The first-order valence-corrected chi connectivity index (χ1v) is 9.56. The van der Waals surface area contributed by atoms with Crippen LogP contribution in [0.5, 0.6) is 0 Å². The number of aliphatic hydroxyl groups excluding tert-OH is 1. The van der Waals surface area contributed by atoms with Gasteiger partial charge in [0.15, 0.2) is 0 Å². The van der Waals surface area contributed by atoms with Gasteiger partial charge in [-0.15, -0.1) is 0 Å². The van der Waals surface area contributed by atoms with Gasteiger partial charge in [0.05, 0.1) is 16.1 Å². The molecule has 1 aliphatic heterocycles. The minimum absolute atomic E-state index is 0.0664. The van der Waals surface area contributed by atoms with Crippen LogP contribution in [0.25, 0.3) is 0 Å². The third kappa shape index (κ3) is 5.45. The molecule has 1 N–H and O–H groups in total. The van der Waals surface area contributed by atoms with Crippen LogP contribution in [0.2, 0.25) is 10.0 Å². The maximum atomic E-state index is 12.3. The lowest BCUT2D eigenvalue weighted by Crippen LogP contribution is -2.51. The number of benzene rings is 1. The molecular weight excluding hydrogens is 359 g/mol. The van der Waals surface area contributed by atoms with Gasteiger partial charge in [-0.05, 0) is 36.6 Å². The molecule has 0 aliphatic carbocycles. The summed E-state index contributed by atoms with van der Waals surface area (Å²) in [6.45, 7) is 7.67. The molecule has 0 saturated carbocycles. The zero-order chi connectivity index (χ0) is 18.4. The monoisotopic (exact) mass is 384 g/mol. The largest absolute Gasteiger partial charge is 0.384 e. The first-order chi connectivity index (χ1) is 12.0. The van der Waals surface area contributed by atoms with Gasteiger partial charge < -0.3 is 10.0 Å². The van der Waals surface area contributed by atoms with Crippen LogP contribution in [0.15, 0.2) is 30.4 Å². The van der Waals surface area contributed by atoms with E-state index in [1.54, 1.807) is 18.2 Å². The van der Waals surface area contributed by atoms with Gasteiger partial charge in [0.1, 0.15) is 0 Å². The lowest BCUT2D eigenvalue weighted by Gasteiger charge is -2.38. The predicted molar refractivity (Wildman–Crippen MR) is 103 cm³/mol. The highest BCUT2D eigenvalue weighted by Gasteiger charge is 2.23. The molecule has 1 heterocycles. The Labute approximate surface area is 160 Å². The molecule has 1 amide bonds. The number of amides is 1. The van der Waals surface area contributed by atoms with E-state index in [0.29, 0.717) is 21.7 Å². The Morgan fingerprint density at radius 2 is 1.80 bits per heavy atom. The Balaban J connectivity index is 1.89. The number of hydrogen-bond acceptors (Lipinski definition) is 3. The number of aliphatic hydroxyl groups is 1. The summed E-state index contributed by atoms with van der Waals surface area (Å²) in [5, 5.41) is 11.0. The highest BCUT2D eigenvalue weighted by Crippen LogP contribution is 2.26. The van der Waals surface area contributed by atoms with Crippen molar-refractivity contribution in [3.63, 3.8) is 0 Å². The van der Waals surface area contributed by atoms with Gasteiger partial charge in [0.2, 0.25) is 5.91 Å². The minimum atomic E-state index is -0.885. The molecule has 0 radical (unpaired) electrons. The van der Waals surface area contributed by atoms with Gasteiger partial charge in [-0.1, -0.05) is 43.1 Å². The zero-order valence-corrected chi connectivity index (χ0v) is 16.3. The molecule has 0 bridgehead atoms. The first kappa shape index (κ1) is 20.2. The van der Waals surface area contributed by atoms with Crippen molar-refractivity contribution in [2.24, 2.45) is 0 Å². The van der Waals surface area contributed by atoms with E-state index in [0.717, 1.165) is 39.0 Å². The number of piperazine rings is 1. The van der Waals surface area contributed by atoms with Gasteiger partial charge >= 0.3 is 0 Å². The fraction of sp³-hybridized carbons (Fsp3) is 0.526. The average Bonchev–Trinajstić information content (AvgIpc) is 2.63. The summed E-state index contributed by atoms with van der Waals surface area (Å²) >= 11 is 11.8. The van der Waals surface area contributed by atoms with Crippen molar-refractivity contribution in [1.29, 1.82) is 0 Å². The number of hydrogen-bond donors (Lipinski definition) is 1. The van der Waals surface area contributed by atoms with E-state index in [1.165, 1.54) is 12.2 Å². The van der Waals surface area contributed by atoms with E-state index < -0.39 is 6.10 Å². The third-order valence-electron chi connectivity index (χ3n) is 4.79. The maximum absolute atomic E-state index is 12.3. The van der Waals surface area contributed by atoms with E-state index in [4.69, 9.17) is 23.2 Å². The van der Waals surface area contributed by atoms with Crippen LogP contribution in [0, 0.1) is 0 Å². The normalized spacial score (nSPS) is 17.4. The molecular formula is C19H26Cl2N2O2. The van der Waals surface area contributed by atoms with E-state index in [-0.39, 0.29) is 5.91 Å². The van der Waals surface area contributed by atoms with Crippen LogP contribution >= 0.6 is 23.2 Å². The Morgan fingerprint density at radius 1 is 1.16 bits per heavy atom. The second-order valence-corrected chi connectivity index (χ2v) is 7.12. The minimum Gasteiger partial charge on any atom is -0.384 e. The summed E-state index contributed by atoms with van der Waals surface area (Å²) in [6.07, 6.45) is 4.33. The Kier molecular flexibility index (Phi) is 7.76. The van der Waals surface area contributed by atoms with Crippen LogP contribution < -0.4 is 0 Å². The quantitative estimate of drug-likeness (QED) is 0.755. The highest BCUT2D eigenvalue weighted by molar-refractivity contribution is 6.42. The standard InChI is InChI=1S/C19H26Cl2N2O2/c1-3-15(4-2)22-9-11-23(12-10-22)19(25)8-7-18(24)14-5-6-16(20)17(21)13-14/h5-8,13,15,18,24H,3-4,9-12H2,1-2H3. The van der Waals surface area contributed by atoms with Crippen LogP contribution in [0.1, 0.15) is 38.4 Å². The van der Waals surface area contributed by atoms with Gasteiger partial charge in [0, 0.05) is 38.3 Å². The average molecular weight is 385 g/mol. The molecule has 6 heteroatoms. The summed E-state index contributed by atoms with van der Waals surface area (Å²) in [6, 6.07) is 5.54. The van der Waals surface area contributed by atoms with Crippen molar-refractivity contribution in [3.8, 4) is 0 Å². The lowest BCUT2D eigenvalue weighted by molar-refractivity contribution is -0.128. The molecule has 1 unspecified atom stereocenters. The van der Waals surface area contributed by atoms with E-state index in [9.17, 15) is 9.90 Å². The topological polar surface area (TPSA) is 43.8 Å².